The second kappa shape index (κ2) is 8.49. The van der Waals surface area contributed by atoms with Gasteiger partial charge < -0.3 is 24.8 Å². The summed E-state index contributed by atoms with van der Waals surface area (Å²) in [5, 5.41) is 5.93. The Morgan fingerprint density at radius 2 is 1.68 bits per heavy atom. The number of hydrogen-bond donors (Lipinski definition) is 2. The fraction of sp³-hybridized carbons (Fsp3) is 0.619. The molecule has 1 aromatic carbocycles. The van der Waals surface area contributed by atoms with Crippen LogP contribution in [0.15, 0.2) is 24.3 Å². The smallest absolute Gasteiger partial charge is 0.407 e. The standard InChI is InChI=1S/C21H28N2O5/c1-13-7-9-14(10-8-13)20(24)23-16-11-26-19-17(12-27-18(16)19)28-21(25)22-15-5-3-2-4-6-15/h7-10,15-19H,2-6,11-12H2,1H3,(H,22,25)(H,23,24)/t16-,17-,18-,19+/m1/s1. The number of nitrogens with one attached hydrogen (secondary N) is 2. The largest absolute Gasteiger partial charge is 0.441 e. The highest BCUT2D eigenvalue weighted by molar-refractivity contribution is 5.94. The van der Waals surface area contributed by atoms with Crippen LogP contribution >= 0.6 is 0 Å². The average Bonchev–Trinajstić information content (AvgIpc) is 3.27. The Labute approximate surface area is 165 Å². The van der Waals surface area contributed by atoms with Crippen molar-refractivity contribution in [2.75, 3.05) is 13.2 Å². The molecule has 0 aromatic heterocycles. The van der Waals surface area contributed by atoms with Crippen molar-refractivity contribution in [2.24, 2.45) is 0 Å². The molecule has 2 amide bonds. The molecule has 4 atom stereocenters. The van der Waals surface area contributed by atoms with Crippen molar-refractivity contribution in [2.45, 2.75) is 69.4 Å². The van der Waals surface area contributed by atoms with Gasteiger partial charge in [0, 0.05) is 11.6 Å². The van der Waals surface area contributed by atoms with Crippen molar-refractivity contribution in [3.05, 3.63) is 35.4 Å². The number of amides is 2. The normalized spacial score (nSPS) is 29.9. The molecular weight excluding hydrogens is 360 g/mol. The van der Waals surface area contributed by atoms with Gasteiger partial charge >= 0.3 is 6.09 Å². The van der Waals surface area contributed by atoms with Gasteiger partial charge in [-0.1, -0.05) is 37.0 Å². The third-order valence-corrected chi connectivity index (χ3v) is 5.82. The molecule has 0 radical (unpaired) electrons. The molecule has 0 bridgehead atoms. The zero-order valence-electron chi connectivity index (χ0n) is 16.2. The minimum Gasteiger partial charge on any atom is -0.441 e. The molecule has 1 aromatic rings. The second-order valence-corrected chi connectivity index (χ2v) is 7.96. The van der Waals surface area contributed by atoms with Gasteiger partial charge in [-0.25, -0.2) is 4.79 Å². The van der Waals surface area contributed by atoms with Crippen molar-refractivity contribution >= 4 is 12.0 Å². The van der Waals surface area contributed by atoms with Gasteiger partial charge in [0.25, 0.3) is 5.91 Å². The molecule has 7 heteroatoms. The molecular formula is C21H28N2O5. The summed E-state index contributed by atoms with van der Waals surface area (Å²) in [5.74, 6) is -0.155. The molecule has 3 fully saturated rings. The van der Waals surface area contributed by atoms with E-state index in [0.29, 0.717) is 12.2 Å². The van der Waals surface area contributed by atoms with Crippen LogP contribution in [-0.4, -0.2) is 55.6 Å². The van der Waals surface area contributed by atoms with Crippen molar-refractivity contribution in [3.63, 3.8) is 0 Å². The van der Waals surface area contributed by atoms with Gasteiger partial charge in [0.05, 0.1) is 19.3 Å². The van der Waals surface area contributed by atoms with Crippen LogP contribution in [-0.2, 0) is 14.2 Å². The van der Waals surface area contributed by atoms with E-state index >= 15 is 0 Å². The SMILES string of the molecule is Cc1ccc(C(=O)N[C@@H]2CO[C@@H]3[C@@H]2OC[C@H]3OC(=O)NC2CCCCC2)cc1. The quantitative estimate of drug-likeness (QED) is 0.827. The van der Waals surface area contributed by atoms with Crippen LogP contribution in [0.3, 0.4) is 0 Å². The van der Waals surface area contributed by atoms with Crippen molar-refractivity contribution in [3.8, 4) is 0 Å². The van der Waals surface area contributed by atoms with E-state index in [-0.39, 0.29) is 36.8 Å². The summed E-state index contributed by atoms with van der Waals surface area (Å²) < 4.78 is 17.2. The summed E-state index contributed by atoms with van der Waals surface area (Å²) in [6.45, 7) is 2.61. The van der Waals surface area contributed by atoms with E-state index in [0.717, 1.165) is 31.2 Å². The summed E-state index contributed by atoms with van der Waals surface area (Å²) in [6, 6.07) is 7.36. The Morgan fingerprint density at radius 3 is 2.43 bits per heavy atom. The van der Waals surface area contributed by atoms with Crippen molar-refractivity contribution in [1.29, 1.82) is 0 Å². The van der Waals surface area contributed by atoms with E-state index in [4.69, 9.17) is 14.2 Å². The molecule has 2 heterocycles. The lowest BCUT2D eigenvalue weighted by Gasteiger charge is -2.24. The lowest BCUT2D eigenvalue weighted by Crippen LogP contribution is -2.45. The molecule has 2 saturated heterocycles. The Bertz CT molecular complexity index is 701. The third kappa shape index (κ3) is 4.31. The summed E-state index contributed by atoms with van der Waals surface area (Å²) in [7, 11) is 0. The number of alkyl carbamates (subject to hydrolysis) is 1. The Morgan fingerprint density at radius 1 is 0.964 bits per heavy atom. The van der Waals surface area contributed by atoms with Gasteiger partial charge in [0.1, 0.15) is 12.2 Å². The molecule has 28 heavy (non-hydrogen) atoms. The van der Waals surface area contributed by atoms with E-state index in [9.17, 15) is 9.59 Å². The molecule has 4 rings (SSSR count). The van der Waals surface area contributed by atoms with E-state index in [2.05, 4.69) is 10.6 Å². The predicted molar refractivity (Wildman–Crippen MR) is 102 cm³/mol. The van der Waals surface area contributed by atoms with Gasteiger partial charge in [0.15, 0.2) is 6.10 Å². The molecule has 0 unspecified atom stereocenters. The first-order valence-electron chi connectivity index (χ1n) is 10.2. The molecule has 1 aliphatic carbocycles. The zero-order chi connectivity index (χ0) is 19.5. The summed E-state index contributed by atoms with van der Waals surface area (Å²) in [5.41, 5.74) is 1.71. The van der Waals surface area contributed by atoms with Crippen LogP contribution in [0.5, 0.6) is 0 Å². The number of aryl methyl sites for hydroxylation is 1. The maximum absolute atomic E-state index is 12.5. The zero-order valence-corrected chi connectivity index (χ0v) is 16.2. The minimum atomic E-state index is -0.449. The van der Waals surface area contributed by atoms with Gasteiger partial charge in [0.2, 0.25) is 0 Å². The lowest BCUT2D eigenvalue weighted by atomic mass is 9.96. The van der Waals surface area contributed by atoms with E-state index < -0.39 is 12.2 Å². The van der Waals surface area contributed by atoms with Crippen LogP contribution < -0.4 is 10.6 Å². The Hall–Kier alpha value is -2.12. The van der Waals surface area contributed by atoms with E-state index in [1.807, 2.05) is 19.1 Å². The topological polar surface area (TPSA) is 85.9 Å². The maximum atomic E-state index is 12.5. The second-order valence-electron chi connectivity index (χ2n) is 7.96. The molecule has 2 aliphatic heterocycles. The average molecular weight is 388 g/mol. The van der Waals surface area contributed by atoms with Crippen molar-refractivity contribution < 1.29 is 23.8 Å². The number of benzene rings is 1. The van der Waals surface area contributed by atoms with Gasteiger partial charge in [-0.05, 0) is 31.9 Å². The first-order valence-corrected chi connectivity index (χ1v) is 10.2. The highest BCUT2D eigenvalue weighted by atomic mass is 16.6. The molecule has 0 spiro atoms. The minimum absolute atomic E-state index is 0.155. The van der Waals surface area contributed by atoms with Gasteiger partial charge in [-0.3, -0.25) is 4.79 Å². The number of rotatable bonds is 4. The van der Waals surface area contributed by atoms with Crippen LogP contribution in [0.4, 0.5) is 4.79 Å². The Kier molecular flexibility index (Phi) is 5.82. The number of hydrogen-bond acceptors (Lipinski definition) is 5. The fourth-order valence-electron chi connectivity index (χ4n) is 4.23. The highest BCUT2D eigenvalue weighted by Gasteiger charge is 2.50. The van der Waals surface area contributed by atoms with Gasteiger partial charge in [-0.15, -0.1) is 0 Å². The molecule has 1 saturated carbocycles. The third-order valence-electron chi connectivity index (χ3n) is 5.82. The lowest BCUT2D eigenvalue weighted by molar-refractivity contribution is 0.00261. The van der Waals surface area contributed by atoms with Crippen molar-refractivity contribution in [1.82, 2.24) is 10.6 Å². The van der Waals surface area contributed by atoms with Crippen LogP contribution in [0.2, 0.25) is 0 Å². The first kappa shape index (κ1) is 19.2. The molecule has 152 valence electrons. The van der Waals surface area contributed by atoms with Crippen LogP contribution in [0, 0.1) is 6.92 Å². The maximum Gasteiger partial charge on any atom is 0.407 e. The fourth-order valence-corrected chi connectivity index (χ4v) is 4.23. The molecule has 7 nitrogen and oxygen atoms in total. The highest BCUT2D eigenvalue weighted by Crippen LogP contribution is 2.29. The van der Waals surface area contributed by atoms with E-state index in [1.165, 1.54) is 6.42 Å². The van der Waals surface area contributed by atoms with Gasteiger partial charge in [-0.2, -0.15) is 0 Å². The van der Waals surface area contributed by atoms with Crippen LogP contribution in [0.25, 0.3) is 0 Å². The summed E-state index contributed by atoms with van der Waals surface area (Å²) in [4.78, 5) is 24.7. The first-order chi connectivity index (χ1) is 13.6. The number of ether oxygens (including phenoxy) is 3. The molecule has 2 N–H and O–H groups in total. The molecule has 3 aliphatic rings. The predicted octanol–water partition coefficient (Wildman–Crippen LogP) is 2.32. The monoisotopic (exact) mass is 388 g/mol. The summed E-state index contributed by atoms with van der Waals surface area (Å²) >= 11 is 0. The number of carbonyl (C=O) groups is 2. The number of fused-ring (bicyclic) bond motifs is 1. The van der Waals surface area contributed by atoms with E-state index in [1.54, 1.807) is 12.1 Å². The van der Waals surface area contributed by atoms with Crippen LogP contribution in [0.1, 0.15) is 48.0 Å². The summed E-state index contributed by atoms with van der Waals surface area (Å²) in [6.07, 6.45) is 4.03. The number of carbonyl (C=O) groups excluding carboxylic acids is 2. The Balaban J connectivity index is 1.28.